The fourth-order valence-corrected chi connectivity index (χ4v) is 3.52. The minimum absolute atomic E-state index is 0.142. The number of anilines is 1. The highest BCUT2D eigenvalue weighted by molar-refractivity contribution is 9.10. The molecule has 31 heavy (non-hydrogen) atoms. The highest BCUT2D eigenvalue weighted by Gasteiger charge is 2.21. The Morgan fingerprint density at radius 2 is 1.68 bits per heavy atom. The van der Waals surface area contributed by atoms with Crippen LogP contribution in [0.4, 0.5) is 5.69 Å². The van der Waals surface area contributed by atoms with Crippen LogP contribution in [0.1, 0.15) is 42.6 Å². The summed E-state index contributed by atoms with van der Waals surface area (Å²) in [6.07, 6.45) is 0. The normalized spacial score (nSPS) is 10.5. The molecule has 0 spiro atoms. The molecule has 160 valence electrons. The number of rotatable bonds is 6. The number of ether oxygens (including phenoxy) is 1. The SMILES string of the molecule is COC(=O)c1cc(CN(C)C(=O)c2ccccc2NC(=O)c2ccccc2Br)oc1C. The standard InChI is InChI=1S/C23H21BrN2O5/c1-14-18(23(29)30-3)12-15(31-14)13-26(2)22(28)17-9-5-7-11-20(17)25-21(27)16-8-4-6-10-19(16)24/h4-12H,13H2,1-3H3,(H,25,27). The van der Waals surface area contributed by atoms with Crippen LogP contribution in [0.25, 0.3) is 0 Å². The third-order valence-corrected chi connectivity index (χ3v) is 5.33. The molecule has 0 atom stereocenters. The van der Waals surface area contributed by atoms with Gasteiger partial charge in [-0.15, -0.1) is 0 Å². The Hall–Kier alpha value is -3.39. The quantitative estimate of drug-likeness (QED) is 0.513. The Balaban J connectivity index is 1.79. The first-order valence-corrected chi connectivity index (χ1v) is 10.2. The van der Waals surface area contributed by atoms with E-state index in [1.165, 1.54) is 12.0 Å². The molecule has 0 aliphatic heterocycles. The van der Waals surface area contributed by atoms with Gasteiger partial charge in [0.25, 0.3) is 11.8 Å². The summed E-state index contributed by atoms with van der Waals surface area (Å²) in [6.45, 7) is 1.80. The predicted octanol–water partition coefficient (Wildman–Crippen LogP) is 4.66. The molecule has 7 nitrogen and oxygen atoms in total. The molecule has 0 saturated heterocycles. The van der Waals surface area contributed by atoms with E-state index >= 15 is 0 Å². The fourth-order valence-electron chi connectivity index (χ4n) is 3.06. The number of halogens is 1. The van der Waals surface area contributed by atoms with Gasteiger partial charge in [-0.05, 0) is 53.2 Å². The summed E-state index contributed by atoms with van der Waals surface area (Å²) in [5.41, 5.74) is 1.51. The van der Waals surface area contributed by atoms with Crippen LogP contribution < -0.4 is 5.32 Å². The van der Waals surface area contributed by atoms with Gasteiger partial charge in [-0.25, -0.2) is 4.79 Å². The smallest absolute Gasteiger partial charge is 0.341 e. The van der Waals surface area contributed by atoms with Gasteiger partial charge in [0.2, 0.25) is 0 Å². The number of hydrogen-bond acceptors (Lipinski definition) is 5. The highest BCUT2D eigenvalue weighted by atomic mass is 79.9. The number of amides is 2. The predicted molar refractivity (Wildman–Crippen MR) is 119 cm³/mol. The number of benzene rings is 2. The number of para-hydroxylation sites is 1. The number of hydrogen-bond donors (Lipinski definition) is 1. The summed E-state index contributed by atoms with van der Waals surface area (Å²) in [5, 5.41) is 2.80. The van der Waals surface area contributed by atoms with Gasteiger partial charge in [-0.3, -0.25) is 9.59 Å². The lowest BCUT2D eigenvalue weighted by atomic mass is 10.1. The van der Waals surface area contributed by atoms with E-state index in [4.69, 9.17) is 9.15 Å². The molecule has 1 aromatic heterocycles. The van der Waals surface area contributed by atoms with Crippen LogP contribution >= 0.6 is 15.9 Å². The van der Waals surface area contributed by atoms with Crippen molar-refractivity contribution in [2.45, 2.75) is 13.5 Å². The molecule has 2 amide bonds. The van der Waals surface area contributed by atoms with Crippen LogP contribution in [-0.2, 0) is 11.3 Å². The van der Waals surface area contributed by atoms with Gasteiger partial charge in [0.15, 0.2) is 0 Å². The van der Waals surface area contributed by atoms with Crippen molar-refractivity contribution >= 4 is 39.4 Å². The van der Waals surface area contributed by atoms with Crippen molar-refractivity contribution in [1.82, 2.24) is 4.90 Å². The fraction of sp³-hybridized carbons (Fsp3) is 0.174. The Bertz CT molecular complexity index is 1140. The molecule has 0 aliphatic carbocycles. The average Bonchev–Trinajstić information content (AvgIpc) is 3.13. The van der Waals surface area contributed by atoms with Gasteiger partial charge in [0.05, 0.1) is 30.5 Å². The summed E-state index contributed by atoms with van der Waals surface area (Å²) >= 11 is 3.36. The van der Waals surface area contributed by atoms with Crippen molar-refractivity contribution in [3.63, 3.8) is 0 Å². The van der Waals surface area contributed by atoms with E-state index in [9.17, 15) is 14.4 Å². The largest absolute Gasteiger partial charge is 0.465 e. The molecule has 0 bridgehead atoms. The molecule has 0 saturated carbocycles. The summed E-state index contributed by atoms with van der Waals surface area (Å²) in [4.78, 5) is 39.0. The lowest BCUT2D eigenvalue weighted by Crippen LogP contribution is -2.27. The average molecular weight is 485 g/mol. The molecule has 8 heteroatoms. The van der Waals surface area contributed by atoms with E-state index in [-0.39, 0.29) is 18.4 Å². The van der Waals surface area contributed by atoms with E-state index in [1.807, 2.05) is 6.07 Å². The lowest BCUT2D eigenvalue weighted by Gasteiger charge is -2.18. The monoisotopic (exact) mass is 484 g/mol. The van der Waals surface area contributed by atoms with Crippen molar-refractivity contribution in [3.8, 4) is 0 Å². The molecular formula is C23H21BrN2O5. The van der Waals surface area contributed by atoms with Gasteiger partial charge < -0.3 is 19.4 Å². The second-order valence-corrected chi connectivity index (χ2v) is 7.67. The minimum Gasteiger partial charge on any atom is -0.465 e. The number of carbonyl (C=O) groups excluding carboxylic acids is 3. The second kappa shape index (κ2) is 9.61. The zero-order chi connectivity index (χ0) is 22.5. The van der Waals surface area contributed by atoms with Crippen molar-refractivity contribution in [1.29, 1.82) is 0 Å². The van der Waals surface area contributed by atoms with Crippen molar-refractivity contribution in [2.75, 3.05) is 19.5 Å². The Kier molecular flexibility index (Phi) is 6.91. The zero-order valence-electron chi connectivity index (χ0n) is 17.3. The van der Waals surface area contributed by atoms with E-state index in [2.05, 4.69) is 21.2 Å². The molecule has 1 heterocycles. The van der Waals surface area contributed by atoms with Crippen molar-refractivity contribution < 1.29 is 23.5 Å². The maximum absolute atomic E-state index is 13.1. The van der Waals surface area contributed by atoms with Gasteiger partial charge in [-0.1, -0.05) is 24.3 Å². The van der Waals surface area contributed by atoms with Gasteiger partial charge >= 0.3 is 5.97 Å². The van der Waals surface area contributed by atoms with Crippen LogP contribution in [0.5, 0.6) is 0 Å². The van der Waals surface area contributed by atoms with Crippen LogP contribution in [0.15, 0.2) is 63.5 Å². The maximum atomic E-state index is 13.1. The summed E-state index contributed by atoms with van der Waals surface area (Å²) < 4.78 is 11.0. The second-order valence-electron chi connectivity index (χ2n) is 6.81. The molecule has 0 fully saturated rings. The maximum Gasteiger partial charge on any atom is 0.341 e. The van der Waals surface area contributed by atoms with E-state index < -0.39 is 5.97 Å². The van der Waals surface area contributed by atoms with Gasteiger partial charge in [-0.2, -0.15) is 0 Å². The van der Waals surface area contributed by atoms with E-state index in [0.29, 0.717) is 38.4 Å². The molecule has 0 radical (unpaired) electrons. The van der Waals surface area contributed by atoms with Crippen LogP contribution in [0.3, 0.4) is 0 Å². The first-order valence-electron chi connectivity index (χ1n) is 9.39. The number of nitrogens with one attached hydrogen (secondary N) is 1. The van der Waals surface area contributed by atoms with Crippen molar-refractivity contribution in [2.24, 2.45) is 0 Å². The number of esters is 1. The number of aryl methyl sites for hydroxylation is 1. The van der Waals surface area contributed by atoms with Crippen LogP contribution in [-0.4, -0.2) is 36.8 Å². The topological polar surface area (TPSA) is 88.9 Å². The van der Waals surface area contributed by atoms with Gasteiger partial charge in [0, 0.05) is 11.5 Å². The molecule has 3 rings (SSSR count). The van der Waals surface area contributed by atoms with Crippen LogP contribution in [0, 0.1) is 6.92 Å². The van der Waals surface area contributed by atoms with E-state index in [1.54, 1.807) is 62.5 Å². The Morgan fingerprint density at radius 3 is 2.35 bits per heavy atom. The highest BCUT2D eigenvalue weighted by Crippen LogP contribution is 2.23. The number of furan rings is 1. The number of nitrogens with zero attached hydrogens (tertiary/aromatic N) is 1. The van der Waals surface area contributed by atoms with Gasteiger partial charge in [0.1, 0.15) is 17.1 Å². The number of carbonyl (C=O) groups is 3. The lowest BCUT2D eigenvalue weighted by molar-refractivity contribution is 0.0598. The summed E-state index contributed by atoms with van der Waals surface area (Å²) in [7, 11) is 2.91. The summed E-state index contributed by atoms with van der Waals surface area (Å²) in [6, 6.07) is 15.4. The van der Waals surface area contributed by atoms with Crippen LogP contribution in [0.2, 0.25) is 0 Å². The Labute approximate surface area is 188 Å². The molecular weight excluding hydrogens is 464 g/mol. The zero-order valence-corrected chi connectivity index (χ0v) is 18.9. The number of methoxy groups -OCH3 is 1. The molecule has 0 unspecified atom stereocenters. The van der Waals surface area contributed by atoms with E-state index in [0.717, 1.165) is 0 Å². The molecule has 2 aromatic carbocycles. The molecule has 1 N–H and O–H groups in total. The third-order valence-electron chi connectivity index (χ3n) is 4.64. The first kappa shape index (κ1) is 22.3. The third kappa shape index (κ3) is 5.03. The minimum atomic E-state index is -0.499. The molecule has 3 aromatic rings. The Morgan fingerprint density at radius 1 is 1.03 bits per heavy atom. The van der Waals surface area contributed by atoms with Crippen molar-refractivity contribution in [3.05, 3.63) is 87.3 Å². The molecule has 0 aliphatic rings. The first-order chi connectivity index (χ1) is 14.8. The summed E-state index contributed by atoms with van der Waals surface area (Å²) in [5.74, 6) is -0.273.